The van der Waals surface area contributed by atoms with Crippen molar-refractivity contribution in [2.45, 2.75) is 25.3 Å². The monoisotopic (exact) mass is 280 g/mol. The lowest BCUT2D eigenvalue weighted by molar-refractivity contribution is -0.384. The van der Waals surface area contributed by atoms with Crippen LogP contribution in [0.1, 0.15) is 19.3 Å². The van der Waals surface area contributed by atoms with Crippen molar-refractivity contribution in [1.82, 2.24) is 4.90 Å². The molecular weight excluding hydrogens is 260 g/mol. The largest absolute Gasteiger partial charge is 0.492 e. The van der Waals surface area contributed by atoms with Gasteiger partial charge in [-0.15, -0.1) is 0 Å². The van der Waals surface area contributed by atoms with Gasteiger partial charge >= 0.3 is 0 Å². The van der Waals surface area contributed by atoms with Crippen LogP contribution >= 0.6 is 0 Å². The second-order valence-electron chi connectivity index (χ2n) is 4.97. The van der Waals surface area contributed by atoms with Gasteiger partial charge < -0.3 is 9.84 Å². The maximum atomic E-state index is 10.5. The Balaban J connectivity index is 1.78. The summed E-state index contributed by atoms with van der Waals surface area (Å²) in [6.07, 6.45) is 3.37. The molecule has 1 heterocycles. The zero-order valence-corrected chi connectivity index (χ0v) is 11.4. The first kappa shape index (κ1) is 14.7. The number of piperidine rings is 1. The van der Waals surface area contributed by atoms with Crippen LogP contribution < -0.4 is 4.74 Å². The van der Waals surface area contributed by atoms with Crippen molar-refractivity contribution in [3.8, 4) is 5.75 Å². The number of aliphatic hydroxyl groups excluding tert-OH is 1. The molecule has 1 saturated heterocycles. The van der Waals surface area contributed by atoms with Gasteiger partial charge in [0.25, 0.3) is 5.69 Å². The van der Waals surface area contributed by atoms with Crippen LogP contribution in [-0.4, -0.2) is 47.3 Å². The summed E-state index contributed by atoms with van der Waals surface area (Å²) in [5.41, 5.74) is 0.0636. The number of ether oxygens (including phenoxy) is 1. The van der Waals surface area contributed by atoms with E-state index in [2.05, 4.69) is 4.90 Å². The van der Waals surface area contributed by atoms with E-state index in [-0.39, 0.29) is 18.3 Å². The zero-order valence-electron chi connectivity index (χ0n) is 11.4. The molecule has 0 aliphatic carbocycles. The van der Waals surface area contributed by atoms with Crippen LogP contribution in [0, 0.1) is 10.1 Å². The maximum Gasteiger partial charge on any atom is 0.269 e. The fourth-order valence-electron chi connectivity index (χ4n) is 2.51. The predicted molar refractivity (Wildman–Crippen MR) is 74.9 cm³/mol. The Labute approximate surface area is 118 Å². The molecule has 2 rings (SSSR count). The third kappa shape index (κ3) is 3.91. The second-order valence-corrected chi connectivity index (χ2v) is 4.97. The Morgan fingerprint density at radius 1 is 1.35 bits per heavy atom. The summed E-state index contributed by atoms with van der Waals surface area (Å²) in [6, 6.07) is 6.33. The highest BCUT2D eigenvalue weighted by molar-refractivity contribution is 5.35. The molecule has 0 radical (unpaired) electrons. The molecule has 0 bridgehead atoms. The van der Waals surface area contributed by atoms with Gasteiger partial charge in [-0.2, -0.15) is 0 Å². The third-order valence-electron chi connectivity index (χ3n) is 3.65. The van der Waals surface area contributed by atoms with Crippen LogP contribution in [-0.2, 0) is 0 Å². The highest BCUT2D eigenvalue weighted by atomic mass is 16.6. The fraction of sp³-hybridized carbons (Fsp3) is 0.571. The molecule has 0 amide bonds. The first-order valence-corrected chi connectivity index (χ1v) is 6.93. The number of nitrogens with zero attached hydrogens (tertiary/aromatic N) is 2. The standard InChI is InChI=1S/C14H20N2O4/c17-11-13-3-1-2-8-15(13)9-10-20-14-6-4-12(5-7-14)16(18)19/h4-7,13,17H,1-3,8-11H2. The number of likely N-dealkylation sites (tertiary alicyclic amines) is 1. The molecule has 1 aliphatic rings. The number of aliphatic hydroxyl groups is 1. The highest BCUT2D eigenvalue weighted by Crippen LogP contribution is 2.18. The van der Waals surface area contributed by atoms with Crippen LogP contribution in [0.3, 0.4) is 0 Å². The summed E-state index contributed by atoms with van der Waals surface area (Å²) in [4.78, 5) is 12.4. The Morgan fingerprint density at radius 2 is 2.10 bits per heavy atom. The molecule has 1 aliphatic heterocycles. The molecule has 110 valence electrons. The average molecular weight is 280 g/mol. The summed E-state index contributed by atoms with van der Waals surface area (Å²) < 4.78 is 5.59. The van der Waals surface area contributed by atoms with Crippen molar-refractivity contribution in [2.24, 2.45) is 0 Å². The van der Waals surface area contributed by atoms with Gasteiger partial charge in [0.1, 0.15) is 12.4 Å². The quantitative estimate of drug-likeness (QED) is 0.635. The molecule has 6 nitrogen and oxygen atoms in total. The smallest absolute Gasteiger partial charge is 0.269 e. The van der Waals surface area contributed by atoms with Crippen molar-refractivity contribution >= 4 is 5.69 Å². The SMILES string of the molecule is O=[N+]([O-])c1ccc(OCCN2CCCCC2CO)cc1. The Kier molecular flexibility index (Phi) is 5.31. The molecule has 20 heavy (non-hydrogen) atoms. The maximum absolute atomic E-state index is 10.5. The topological polar surface area (TPSA) is 75.8 Å². The van der Waals surface area contributed by atoms with Gasteiger partial charge in [-0.3, -0.25) is 15.0 Å². The average Bonchev–Trinajstić information content (AvgIpc) is 2.48. The molecule has 1 aromatic rings. The van der Waals surface area contributed by atoms with Gasteiger partial charge in [0.05, 0.1) is 11.5 Å². The van der Waals surface area contributed by atoms with E-state index in [0.717, 1.165) is 25.9 Å². The van der Waals surface area contributed by atoms with Gasteiger partial charge in [-0.1, -0.05) is 6.42 Å². The molecule has 1 N–H and O–H groups in total. The van der Waals surface area contributed by atoms with E-state index < -0.39 is 4.92 Å². The molecule has 1 unspecified atom stereocenters. The van der Waals surface area contributed by atoms with Crippen LogP contribution in [0.4, 0.5) is 5.69 Å². The third-order valence-corrected chi connectivity index (χ3v) is 3.65. The predicted octanol–water partition coefficient (Wildman–Crippen LogP) is 1.82. The van der Waals surface area contributed by atoms with Gasteiger partial charge in [0.2, 0.25) is 0 Å². The summed E-state index contributed by atoms with van der Waals surface area (Å²) in [5.74, 6) is 0.633. The number of benzene rings is 1. The van der Waals surface area contributed by atoms with Crippen molar-refractivity contribution < 1.29 is 14.8 Å². The van der Waals surface area contributed by atoms with E-state index >= 15 is 0 Å². The lowest BCUT2D eigenvalue weighted by Crippen LogP contribution is -2.43. The van der Waals surface area contributed by atoms with E-state index in [1.165, 1.54) is 18.6 Å². The van der Waals surface area contributed by atoms with Gasteiger partial charge in [-0.25, -0.2) is 0 Å². The number of nitro benzene ring substituents is 1. The van der Waals surface area contributed by atoms with Crippen molar-refractivity contribution in [2.75, 3.05) is 26.3 Å². The van der Waals surface area contributed by atoms with Crippen LogP contribution in [0.25, 0.3) is 0 Å². The molecular formula is C14H20N2O4. The number of rotatable bonds is 6. The number of non-ortho nitro benzene ring substituents is 1. The van der Waals surface area contributed by atoms with Crippen LogP contribution in [0.2, 0.25) is 0 Å². The summed E-state index contributed by atoms with van der Waals surface area (Å²) >= 11 is 0. The minimum atomic E-state index is -0.427. The molecule has 1 atom stereocenters. The minimum absolute atomic E-state index is 0.0636. The molecule has 1 fully saturated rings. The van der Waals surface area contributed by atoms with E-state index in [9.17, 15) is 15.2 Å². The Bertz CT molecular complexity index is 435. The van der Waals surface area contributed by atoms with Gasteiger partial charge in [0.15, 0.2) is 0 Å². The van der Waals surface area contributed by atoms with Crippen molar-refractivity contribution in [3.63, 3.8) is 0 Å². The van der Waals surface area contributed by atoms with Crippen molar-refractivity contribution in [1.29, 1.82) is 0 Å². The summed E-state index contributed by atoms with van der Waals surface area (Å²) in [7, 11) is 0. The lowest BCUT2D eigenvalue weighted by Gasteiger charge is -2.34. The van der Waals surface area contributed by atoms with E-state index in [0.29, 0.717) is 12.4 Å². The number of hydrogen-bond acceptors (Lipinski definition) is 5. The molecule has 0 aromatic heterocycles. The molecule has 6 heteroatoms. The van der Waals surface area contributed by atoms with E-state index in [1.807, 2.05) is 0 Å². The van der Waals surface area contributed by atoms with E-state index in [4.69, 9.17) is 4.74 Å². The Morgan fingerprint density at radius 3 is 2.75 bits per heavy atom. The fourth-order valence-corrected chi connectivity index (χ4v) is 2.51. The van der Waals surface area contributed by atoms with Gasteiger partial charge in [-0.05, 0) is 31.5 Å². The first-order chi connectivity index (χ1) is 9.70. The number of nitro groups is 1. The molecule has 1 aromatic carbocycles. The zero-order chi connectivity index (χ0) is 14.4. The molecule has 0 spiro atoms. The Hall–Kier alpha value is -1.66. The number of hydrogen-bond donors (Lipinski definition) is 1. The second kappa shape index (κ2) is 7.21. The van der Waals surface area contributed by atoms with E-state index in [1.54, 1.807) is 12.1 Å². The first-order valence-electron chi connectivity index (χ1n) is 6.93. The minimum Gasteiger partial charge on any atom is -0.492 e. The van der Waals surface area contributed by atoms with Crippen LogP contribution in [0.15, 0.2) is 24.3 Å². The normalized spacial score (nSPS) is 19.8. The summed E-state index contributed by atoms with van der Waals surface area (Å²) in [6.45, 7) is 2.48. The van der Waals surface area contributed by atoms with Gasteiger partial charge in [0, 0.05) is 24.7 Å². The summed E-state index contributed by atoms with van der Waals surface area (Å²) in [5, 5.41) is 19.9. The van der Waals surface area contributed by atoms with Crippen LogP contribution in [0.5, 0.6) is 5.75 Å². The highest BCUT2D eigenvalue weighted by Gasteiger charge is 2.21. The van der Waals surface area contributed by atoms with Crippen molar-refractivity contribution in [3.05, 3.63) is 34.4 Å². The lowest BCUT2D eigenvalue weighted by atomic mass is 10.0. The molecule has 0 saturated carbocycles.